The Labute approximate surface area is 128 Å². The lowest BCUT2D eigenvalue weighted by atomic mass is 10.1. The van der Waals surface area contributed by atoms with E-state index in [4.69, 9.17) is 10.5 Å². The van der Waals surface area contributed by atoms with Gasteiger partial charge in [0.15, 0.2) is 0 Å². The molecule has 0 spiro atoms. The number of anilines is 2. The Kier molecular flexibility index (Phi) is 5.11. The summed E-state index contributed by atoms with van der Waals surface area (Å²) in [4.78, 5) is 13.5. The van der Waals surface area contributed by atoms with E-state index in [2.05, 4.69) is 12.2 Å². The highest BCUT2D eigenvalue weighted by Crippen LogP contribution is 2.28. The molecular weight excluding hydrogens is 284 g/mol. The summed E-state index contributed by atoms with van der Waals surface area (Å²) in [6, 6.07) is 12.7. The average Bonchev–Trinajstić information content (AvgIpc) is 2.49. The quantitative estimate of drug-likeness (QED) is 0.654. The minimum atomic E-state index is -0.212. The Bertz CT molecular complexity index is 644. The van der Waals surface area contributed by atoms with Gasteiger partial charge >= 0.3 is 0 Å². The number of ether oxygens (including phenoxy) is 1. The third kappa shape index (κ3) is 3.70. The van der Waals surface area contributed by atoms with Gasteiger partial charge in [0, 0.05) is 16.6 Å². The van der Waals surface area contributed by atoms with Crippen molar-refractivity contribution in [2.75, 3.05) is 23.9 Å². The average molecular weight is 302 g/mol. The second-order valence-electron chi connectivity index (χ2n) is 4.34. The summed E-state index contributed by atoms with van der Waals surface area (Å²) in [5.74, 6) is 1.20. The predicted octanol–water partition coefficient (Wildman–Crippen LogP) is 3.64. The van der Waals surface area contributed by atoms with Gasteiger partial charge in [0.2, 0.25) is 0 Å². The van der Waals surface area contributed by atoms with Gasteiger partial charge < -0.3 is 15.8 Å². The molecular formula is C16H18N2O2S. The van der Waals surface area contributed by atoms with Gasteiger partial charge in [-0.05, 0) is 30.0 Å². The van der Waals surface area contributed by atoms with E-state index in [9.17, 15) is 4.79 Å². The zero-order valence-corrected chi connectivity index (χ0v) is 12.9. The first-order valence-electron chi connectivity index (χ1n) is 6.62. The van der Waals surface area contributed by atoms with E-state index >= 15 is 0 Å². The third-order valence-corrected chi connectivity index (χ3v) is 3.86. The molecule has 3 N–H and O–H groups in total. The molecule has 0 saturated heterocycles. The molecule has 0 aliphatic heterocycles. The monoisotopic (exact) mass is 302 g/mol. The highest BCUT2D eigenvalue weighted by atomic mass is 32.2. The van der Waals surface area contributed by atoms with Crippen molar-refractivity contribution in [1.82, 2.24) is 0 Å². The number of carbonyl (C=O) groups excluding carboxylic acids is 1. The maximum Gasteiger partial charge on any atom is 0.259 e. The van der Waals surface area contributed by atoms with E-state index in [1.54, 1.807) is 30.0 Å². The Balaban J connectivity index is 2.26. The molecule has 0 aliphatic rings. The fourth-order valence-electron chi connectivity index (χ4n) is 1.94. The summed E-state index contributed by atoms with van der Waals surface area (Å²) in [6.07, 6.45) is 0. The molecule has 5 heteroatoms. The Hall–Kier alpha value is -2.14. The molecule has 2 aromatic carbocycles. The van der Waals surface area contributed by atoms with Crippen LogP contribution in [-0.4, -0.2) is 18.8 Å². The zero-order valence-electron chi connectivity index (χ0n) is 12.1. The lowest BCUT2D eigenvalue weighted by molar-refractivity contribution is 0.102. The SMILES string of the molecule is CCSc1ccccc1NC(=O)c1ccc(N)cc1OC. The Morgan fingerprint density at radius 3 is 2.76 bits per heavy atom. The van der Waals surface area contributed by atoms with Gasteiger partial charge in [0.05, 0.1) is 18.4 Å². The Morgan fingerprint density at radius 2 is 2.05 bits per heavy atom. The maximum absolute atomic E-state index is 12.4. The predicted molar refractivity (Wildman–Crippen MR) is 88.2 cm³/mol. The van der Waals surface area contributed by atoms with E-state index in [0.717, 1.165) is 16.3 Å². The smallest absolute Gasteiger partial charge is 0.259 e. The van der Waals surface area contributed by atoms with Crippen LogP contribution in [0.1, 0.15) is 17.3 Å². The topological polar surface area (TPSA) is 64.4 Å². The highest BCUT2D eigenvalue weighted by molar-refractivity contribution is 7.99. The number of nitrogens with two attached hydrogens (primary N) is 1. The molecule has 2 rings (SSSR count). The largest absolute Gasteiger partial charge is 0.496 e. The lowest BCUT2D eigenvalue weighted by Gasteiger charge is -2.12. The number of thioether (sulfide) groups is 1. The number of benzene rings is 2. The molecule has 21 heavy (non-hydrogen) atoms. The molecule has 4 nitrogen and oxygen atoms in total. The number of nitrogen functional groups attached to an aromatic ring is 1. The molecule has 0 radical (unpaired) electrons. The summed E-state index contributed by atoms with van der Waals surface area (Å²) in [7, 11) is 1.52. The number of nitrogens with one attached hydrogen (secondary N) is 1. The maximum atomic E-state index is 12.4. The van der Waals surface area contributed by atoms with Crippen LogP contribution in [-0.2, 0) is 0 Å². The van der Waals surface area contributed by atoms with Crippen LogP contribution < -0.4 is 15.8 Å². The van der Waals surface area contributed by atoms with E-state index in [-0.39, 0.29) is 5.91 Å². The van der Waals surface area contributed by atoms with Gasteiger partial charge in [-0.2, -0.15) is 0 Å². The fourth-order valence-corrected chi connectivity index (χ4v) is 2.70. The van der Waals surface area contributed by atoms with Crippen LogP contribution in [0.5, 0.6) is 5.75 Å². The summed E-state index contributed by atoms with van der Waals surface area (Å²) < 4.78 is 5.22. The van der Waals surface area contributed by atoms with E-state index in [1.807, 2.05) is 24.3 Å². The number of amides is 1. The first-order chi connectivity index (χ1) is 10.2. The van der Waals surface area contributed by atoms with Gasteiger partial charge in [-0.15, -0.1) is 11.8 Å². The minimum Gasteiger partial charge on any atom is -0.496 e. The first-order valence-corrected chi connectivity index (χ1v) is 7.61. The number of hydrogen-bond donors (Lipinski definition) is 2. The molecule has 0 fully saturated rings. The molecule has 0 atom stereocenters. The molecule has 110 valence electrons. The van der Waals surface area contributed by atoms with Crippen molar-refractivity contribution in [2.45, 2.75) is 11.8 Å². The summed E-state index contributed by atoms with van der Waals surface area (Å²) in [5, 5.41) is 2.93. The van der Waals surface area contributed by atoms with Crippen molar-refractivity contribution in [2.24, 2.45) is 0 Å². The number of hydrogen-bond acceptors (Lipinski definition) is 4. The highest BCUT2D eigenvalue weighted by Gasteiger charge is 2.14. The van der Waals surface area contributed by atoms with Crippen molar-refractivity contribution < 1.29 is 9.53 Å². The van der Waals surface area contributed by atoms with Crippen molar-refractivity contribution in [3.05, 3.63) is 48.0 Å². The summed E-state index contributed by atoms with van der Waals surface area (Å²) >= 11 is 1.69. The minimum absolute atomic E-state index is 0.212. The van der Waals surface area contributed by atoms with Gasteiger partial charge in [0.1, 0.15) is 5.75 Å². The number of rotatable bonds is 5. The zero-order chi connectivity index (χ0) is 15.2. The van der Waals surface area contributed by atoms with E-state index in [1.165, 1.54) is 7.11 Å². The van der Waals surface area contributed by atoms with Crippen LogP contribution in [0.15, 0.2) is 47.4 Å². The van der Waals surface area contributed by atoms with Gasteiger partial charge in [-0.1, -0.05) is 19.1 Å². The molecule has 1 amide bonds. The van der Waals surface area contributed by atoms with Crippen molar-refractivity contribution in [3.63, 3.8) is 0 Å². The van der Waals surface area contributed by atoms with Crippen LogP contribution in [0.25, 0.3) is 0 Å². The van der Waals surface area contributed by atoms with Crippen LogP contribution in [0.3, 0.4) is 0 Å². The standard InChI is InChI=1S/C16H18N2O2S/c1-3-21-15-7-5-4-6-13(15)18-16(19)12-9-8-11(17)10-14(12)20-2/h4-10H,3,17H2,1-2H3,(H,18,19). The van der Waals surface area contributed by atoms with Gasteiger partial charge in [0.25, 0.3) is 5.91 Å². The molecule has 2 aromatic rings. The normalized spacial score (nSPS) is 10.2. The Morgan fingerprint density at radius 1 is 1.29 bits per heavy atom. The summed E-state index contributed by atoms with van der Waals surface area (Å²) in [5.41, 5.74) is 7.53. The second kappa shape index (κ2) is 7.04. The van der Waals surface area contributed by atoms with Crippen molar-refractivity contribution in [1.29, 1.82) is 0 Å². The third-order valence-electron chi connectivity index (χ3n) is 2.91. The van der Waals surface area contributed by atoms with Gasteiger partial charge in [-0.25, -0.2) is 0 Å². The van der Waals surface area contributed by atoms with E-state index in [0.29, 0.717) is 17.0 Å². The van der Waals surface area contributed by atoms with Crippen LogP contribution in [0.2, 0.25) is 0 Å². The molecule has 0 aromatic heterocycles. The number of carbonyl (C=O) groups is 1. The van der Waals surface area contributed by atoms with Crippen molar-refractivity contribution in [3.8, 4) is 5.75 Å². The molecule has 0 heterocycles. The van der Waals surface area contributed by atoms with E-state index < -0.39 is 0 Å². The molecule has 0 unspecified atom stereocenters. The fraction of sp³-hybridized carbons (Fsp3) is 0.188. The molecule has 0 aliphatic carbocycles. The van der Waals surface area contributed by atoms with Crippen molar-refractivity contribution >= 4 is 29.0 Å². The molecule has 0 saturated carbocycles. The number of methoxy groups -OCH3 is 1. The lowest BCUT2D eigenvalue weighted by Crippen LogP contribution is -2.14. The van der Waals surface area contributed by atoms with Crippen LogP contribution in [0.4, 0.5) is 11.4 Å². The summed E-state index contributed by atoms with van der Waals surface area (Å²) in [6.45, 7) is 2.08. The van der Waals surface area contributed by atoms with Crippen LogP contribution >= 0.6 is 11.8 Å². The second-order valence-corrected chi connectivity index (χ2v) is 5.65. The molecule has 0 bridgehead atoms. The van der Waals surface area contributed by atoms with Crippen LogP contribution in [0, 0.1) is 0 Å². The number of para-hydroxylation sites is 1. The van der Waals surface area contributed by atoms with Gasteiger partial charge in [-0.3, -0.25) is 4.79 Å². The first kappa shape index (κ1) is 15.3.